The third-order valence-corrected chi connectivity index (χ3v) is 2.73. The second kappa shape index (κ2) is 5.53. The molecule has 1 aliphatic heterocycles. The van der Waals surface area contributed by atoms with Crippen LogP contribution in [0.5, 0.6) is 0 Å². The Hall–Kier alpha value is -2.04. The monoisotopic (exact) mass is 249 g/mol. The van der Waals surface area contributed by atoms with Gasteiger partial charge in [-0.05, 0) is 5.56 Å². The molecule has 1 fully saturated rings. The maximum atomic E-state index is 11.6. The van der Waals surface area contributed by atoms with Crippen molar-refractivity contribution in [2.45, 2.75) is 19.4 Å². The summed E-state index contributed by atoms with van der Waals surface area (Å²) in [5, 5.41) is 0. The van der Waals surface area contributed by atoms with Crippen LogP contribution in [-0.4, -0.2) is 30.2 Å². The zero-order valence-electron chi connectivity index (χ0n) is 10.2. The SMILES string of the molecule is CCC(=O)OCN1CC(c2ccccc2)OC1=O. The van der Waals surface area contributed by atoms with Crippen molar-refractivity contribution in [2.75, 3.05) is 13.3 Å². The highest BCUT2D eigenvalue weighted by Crippen LogP contribution is 2.25. The molecule has 1 aliphatic rings. The molecule has 1 heterocycles. The topological polar surface area (TPSA) is 55.8 Å². The Kier molecular flexibility index (Phi) is 3.82. The fraction of sp³-hybridized carbons (Fsp3) is 0.385. The summed E-state index contributed by atoms with van der Waals surface area (Å²) in [5.74, 6) is -0.328. The molecule has 1 saturated heterocycles. The molecule has 5 nitrogen and oxygen atoms in total. The van der Waals surface area contributed by atoms with Crippen molar-refractivity contribution in [1.29, 1.82) is 0 Å². The number of ether oxygens (including phenoxy) is 2. The van der Waals surface area contributed by atoms with E-state index in [1.165, 1.54) is 4.90 Å². The van der Waals surface area contributed by atoms with Gasteiger partial charge < -0.3 is 9.47 Å². The van der Waals surface area contributed by atoms with Crippen LogP contribution in [0.25, 0.3) is 0 Å². The van der Waals surface area contributed by atoms with E-state index in [9.17, 15) is 9.59 Å². The normalized spacial score (nSPS) is 18.6. The first-order valence-electron chi connectivity index (χ1n) is 5.87. The lowest BCUT2D eigenvalue weighted by Gasteiger charge is -2.12. The van der Waals surface area contributed by atoms with Crippen LogP contribution in [0.2, 0.25) is 0 Å². The lowest BCUT2D eigenvalue weighted by molar-refractivity contribution is -0.146. The van der Waals surface area contributed by atoms with Crippen molar-refractivity contribution in [3.8, 4) is 0 Å². The Morgan fingerprint density at radius 3 is 2.83 bits per heavy atom. The van der Waals surface area contributed by atoms with E-state index in [-0.39, 0.29) is 18.8 Å². The van der Waals surface area contributed by atoms with Gasteiger partial charge in [-0.1, -0.05) is 37.3 Å². The Labute approximate surface area is 105 Å². The molecule has 96 valence electrons. The smallest absolute Gasteiger partial charge is 0.413 e. The van der Waals surface area contributed by atoms with E-state index in [4.69, 9.17) is 9.47 Å². The summed E-state index contributed by atoms with van der Waals surface area (Å²) < 4.78 is 10.1. The molecule has 0 aliphatic carbocycles. The van der Waals surface area contributed by atoms with Gasteiger partial charge in [0.25, 0.3) is 0 Å². The largest absolute Gasteiger partial charge is 0.444 e. The van der Waals surface area contributed by atoms with E-state index in [2.05, 4.69) is 0 Å². The molecule has 0 bridgehead atoms. The molecule has 1 atom stereocenters. The lowest BCUT2D eigenvalue weighted by Crippen LogP contribution is -2.28. The number of amides is 1. The summed E-state index contributed by atoms with van der Waals surface area (Å²) in [6.45, 7) is 2.06. The second-order valence-corrected chi connectivity index (χ2v) is 4.00. The highest BCUT2D eigenvalue weighted by atomic mass is 16.6. The van der Waals surface area contributed by atoms with Crippen molar-refractivity contribution < 1.29 is 19.1 Å². The second-order valence-electron chi connectivity index (χ2n) is 4.00. The van der Waals surface area contributed by atoms with Crippen LogP contribution >= 0.6 is 0 Å². The number of nitrogens with zero attached hydrogens (tertiary/aromatic N) is 1. The summed E-state index contributed by atoms with van der Waals surface area (Å²) in [4.78, 5) is 24.0. The summed E-state index contributed by atoms with van der Waals surface area (Å²) >= 11 is 0. The molecular weight excluding hydrogens is 234 g/mol. The predicted octanol–water partition coefficient (Wildman–Crippen LogP) is 2.09. The molecule has 0 radical (unpaired) electrons. The fourth-order valence-corrected chi connectivity index (χ4v) is 1.71. The molecule has 1 amide bonds. The zero-order valence-corrected chi connectivity index (χ0v) is 10.2. The zero-order chi connectivity index (χ0) is 13.0. The number of hydrogen-bond acceptors (Lipinski definition) is 4. The number of carbonyl (C=O) groups excluding carboxylic acids is 2. The van der Waals surface area contributed by atoms with Crippen LogP contribution in [0.3, 0.4) is 0 Å². The first-order valence-corrected chi connectivity index (χ1v) is 5.87. The van der Waals surface area contributed by atoms with Crippen molar-refractivity contribution >= 4 is 12.1 Å². The van der Waals surface area contributed by atoms with E-state index >= 15 is 0 Å². The van der Waals surface area contributed by atoms with Gasteiger partial charge in [0.1, 0.15) is 6.10 Å². The van der Waals surface area contributed by atoms with Crippen molar-refractivity contribution in [1.82, 2.24) is 4.90 Å². The Morgan fingerprint density at radius 1 is 1.44 bits per heavy atom. The average molecular weight is 249 g/mol. The molecule has 18 heavy (non-hydrogen) atoms. The van der Waals surface area contributed by atoms with Crippen molar-refractivity contribution in [2.24, 2.45) is 0 Å². The first-order chi connectivity index (χ1) is 8.70. The summed E-state index contributed by atoms with van der Waals surface area (Å²) in [6.07, 6.45) is -0.447. The number of hydrogen-bond donors (Lipinski definition) is 0. The Balaban J connectivity index is 1.93. The summed E-state index contributed by atoms with van der Waals surface area (Å²) in [5.41, 5.74) is 0.940. The van der Waals surface area contributed by atoms with Crippen LogP contribution in [-0.2, 0) is 14.3 Å². The number of carbonyl (C=O) groups is 2. The standard InChI is InChI=1S/C13H15NO4/c1-2-12(15)17-9-14-8-11(18-13(14)16)10-6-4-3-5-7-10/h3-7,11H,2,8-9H2,1H3. The Bertz CT molecular complexity index is 432. The van der Waals surface area contributed by atoms with Gasteiger partial charge in [0.05, 0.1) is 6.54 Å². The molecule has 1 aromatic rings. The maximum Gasteiger partial charge on any atom is 0.413 e. The van der Waals surface area contributed by atoms with Crippen LogP contribution in [0, 0.1) is 0 Å². The van der Waals surface area contributed by atoms with Gasteiger partial charge in [-0.25, -0.2) is 4.79 Å². The van der Waals surface area contributed by atoms with Crippen molar-refractivity contribution in [3.05, 3.63) is 35.9 Å². The molecular formula is C13H15NO4. The van der Waals surface area contributed by atoms with Crippen molar-refractivity contribution in [3.63, 3.8) is 0 Å². The van der Waals surface area contributed by atoms with Gasteiger partial charge in [-0.3, -0.25) is 9.69 Å². The maximum absolute atomic E-state index is 11.6. The highest BCUT2D eigenvalue weighted by molar-refractivity contribution is 5.71. The number of rotatable bonds is 4. The van der Waals surface area contributed by atoms with Gasteiger partial charge in [0.15, 0.2) is 6.73 Å². The molecule has 1 unspecified atom stereocenters. The number of cyclic esters (lactones) is 1. The molecule has 1 aromatic carbocycles. The van der Waals surface area contributed by atoms with Gasteiger partial charge in [0.2, 0.25) is 0 Å². The van der Waals surface area contributed by atoms with Gasteiger partial charge in [0, 0.05) is 6.42 Å². The van der Waals surface area contributed by atoms with Crippen LogP contribution in [0.1, 0.15) is 25.0 Å². The highest BCUT2D eigenvalue weighted by Gasteiger charge is 2.32. The molecule has 0 N–H and O–H groups in total. The Morgan fingerprint density at radius 2 is 2.17 bits per heavy atom. The molecule has 0 spiro atoms. The quantitative estimate of drug-likeness (QED) is 0.767. The van der Waals surface area contributed by atoms with Crippen LogP contribution in [0.15, 0.2) is 30.3 Å². The van der Waals surface area contributed by atoms with E-state index in [1.54, 1.807) is 6.92 Å². The first kappa shape index (κ1) is 12.4. The fourth-order valence-electron chi connectivity index (χ4n) is 1.71. The van der Waals surface area contributed by atoms with Crippen LogP contribution in [0.4, 0.5) is 4.79 Å². The van der Waals surface area contributed by atoms with E-state index in [0.717, 1.165) is 5.56 Å². The molecule has 0 aromatic heterocycles. The average Bonchev–Trinajstić information content (AvgIpc) is 2.78. The van der Waals surface area contributed by atoms with Gasteiger partial charge in [-0.2, -0.15) is 0 Å². The summed E-state index contributed by atoms with van der Waals surface area (Å²) in [6, 6.07) is 9.49. The number of benzene rings is 1. The minimum Gasteiger partial charge on any atom is -0.444 e. The van der Waals surface area contributed by atoms with E-state index in [0.29, 0.717) is 13.0 Å². The third-order valence-electron chi connectivity index (χ3n) is 2.73. The molecule has 5 heteroatoms. The number of esters is 1. The van der Waals surface area contributed by atoms with E-state index < -0.39 is 6.09 Å². The van der Waals surface area contributed by atoms with Gasteiger partial charge >= 0.3 is 12.1 Å². The van der Waals surface area contributed by atoms with Crippen LogP contribution < -0.4 is 0 Å². The minimum absolute atomic E-state index is 0.0468. The molecule has 0 saturated carbocycles. The molecule has 2 rings (SSSR count). The lowest BCUT2D eigenvalue weighted by atomic mass is 10.1. The predicted molar refractivity (Wildman–Crippen MR) is 63.6 cm³/mol. The third kappa shape index (κ3) is 2.80. The van der Waals surface area contributed by atoms with Gasteiger partial charge in [-0.15, -0.1) is 0 Å². The minimum atomic E-state index is -0.451. The summed E-state index contributed by atoms with van der Waals surface area (Å²) in [7, 11) is 0. The van der Waals surface area contributed by atoms with E-state index in [1.807, 2.05) is 30.3 Å².